The fraction of sp³-hybridized carbons (Fsp3) is 0.154. The second kappa shape index (κ2) is 10.2. The van der Waals surface area contributed by atoms with Gasteiger partial charge in [0.1, 0.15) is 16.5 Å². The number of carbonyl (C=O) groups excluding carboxylic acids is 1. The van der Waals surface area contributed by atoms with Crippen molar-refractivity contribution in [3.8, 4) is 17.6 Å². The van der Waals surface area contributed by atoms with Crippen molar-refractivity contribution in [2.24, 2.45) is 0 Å². The summed E-state index contributed by atoms with van der Waals surface area (Å²) in [7, 11) is -2.70. The predicted octanol–water partition coefficient (Wildman–Crippen LogP) is 4.93. The average Bonchev–Trinajstić information content (AvgIpc) is 2.81. The number of ether oxygens (including phenoxy) is 1. The molecule has 7 nitrogen and oxygen atoms in total. The van der Waals surface area contributed by atoms with Crippen LogP contribution in [0.15, 0.2) is 71.1 Å². The smallest absolute Gasteiger partial charge is 0.339 e. The Bertz CT molecular complexity index is 1400. The first-order valence-electron chi connectivity index (χ1n) is 10.3. The number of nitrogens with one attached hydrogen (secondary N) is 1. The number of aryl methyl sites for hydroxylation is 2. The highest BCUT2D eigenvalue weighted by molar-refractivity contribution is 7.87. The van der Waals surface area contributed by atoms with E-state index < -0.39 is 16.0 Å². The molecule has 3 rings (SSSR count). The highest BCUT2D eigenvalue weighted by atomic mass is 32.2. The molecule has 0 aliphatic rings. The molecular formula is C26H24N2O5S. The van der Waals surface area contributed by atoms with Gasteiger partial charge in [0, 0.05) is 5.69 Å². The average molecular weight is 477 g/mol. The van der Waals surface area contributed by atoms with E-state index in [0.29, 0.717) is 11.3 Å². The lowest BCUT2D eigenvalue weighted by molar-refractivity contribution is -0.112. The van der Waals surface area contributed by atoms with Gasteiger partial charge in [-0.2, -0.15) is 13.7 Å². The quantitative estimate of drug-likeness (QED) is 0.294. The molecule has 0 aliphatic carbocycles. The molecule has 34 heavy (non-hydrogen) atoms. The van der Waals surface area contributed by atoms with E-state index in [0.717, 1.165) is 16.7 Å². The van der Waals surface area contributed by atoms with Crippen molar-refractivity contribution >= 4 is 27.8 Å². The Hall–Kier alpha value is -4.09. The van der Waals surface area contributed by atoms with Crippen LogP contribution in [0, 0.1) is 32.1 Å². The summed E-state index contributed by atoms with van der Waals surface area (Å²) >= 11 is 0. The van der Waals surface area contributed by atoms with E-state index in [4.69, 9.17) is 8.92 Å². The second-order valence-corrected chi connectivity index (χ2v) is 9.18. The van der Waals surface area contributed by atoms with Gasteiger partial charge >= 0.3 is 10.1 Å². The van der Waals surface area contributed by atoms with Gasteiger partial charge in [0.05, 0.1) is 7.11 Å². The lowest BCUT2D eigenvalue weighted by Crippen LogP contribution is -2.14. The number of hydrogen-bond acceptors (Lipinski definition) is 6. The van der Waals surface area contributed by atoms with Gasteiger partial charge in [-0.3, -0.25) is 4.79 Å². The number of hydrogen-bond donors (Lipinski definition) is 1. The van der Waals surface area contributed by atoms with E-state index in [-0.39, 0.29) is 22.0 Å². The Morgan fingerprint density at radius 3 is 2.35 bits per heavy atom. The molecule has 0 saturated heterocycles. The largest absolute Gasteiger partial charge is 0.493 e. The van der Waals surface area contributed by atoms with Gasteiger partial charge in [-0.15, -0.1) is 0 Å². The van der Waals surface area contributed by atoms with Crippen LogP contribution in [0.2, 0.25) is 0 Å². The zero-order chi connectivity index (χ0) is 24.9. The van der Waals surface area contributed by atoms with E-state index in [1.54, 1.807) is 18.2 Å². The van der Waals surface area contributed by atoms with Crippen molar-refractivity contribution in [3.05, 3.63) is 88.5 Å². The molecule has 0 aromatic heterocycles. The zero-order valence-electron chi connectivity index (χ0n) is 19.2. The molecule has 8 heteroatoms. The summed E-state index contributed by atoms with van der Waals surface area (Å²) in [6, 6.07) is 18.1. The van der Waals surface area contributed by atoms with Gasteiger partial charge < -0.3 is 14.2 Å². The normalized spacial score (nSPS) is 11.4. The molecule has 0 heterocycles. The molecule has 0 aliphatic heterocycles. The number of carbonyl (C=O) groups is 1. The van der Waals surface area contributed by atoms with Gasteiger partial charge in [-0.25, -0.2) is 0 Å². The van der Waals surface area contributed by atoms with E-state index in [2.05, 4.69) is 5.32 Å². The third-order valence-corrected chi connectivity index (χ3v) is 6.47. The minimum Gasteiger partial charge on any atom is -0.493 e. The Labute approximate surface area is 199 Å². The topological polar surface area (TPSA) is 105 Å². The van der Waals surface area contributed by atoms with E-state index in [1.165, 1.54) is 43.5 Å². The molecule has 0 atom stereocenters. The molecule has 1 amide bonds. The summed E-state index contributed by atoms with van der Waals surface area (Å²) in [4.78, 5) is 12.7. The maximum Gasteiger partial charge on any atom is 0.339 e. The number of nitriles is 1. The molecule has 0 fully saturated rings. The lowest BCUT2D eigenvalue weighted by Gasteiger charge is -2.12. The lowest BCUT2D eigenvalue weighted by atomic mass is 10.1. The number of benzene rings is 3. The highest BCUT2D eigenvalue weighted by Crippen LogP contribution is 2.31. The third kappa shape index (κ3) is 5.63. The van der Waals surface area contributed by atoms with Crippen LogP contribution < -0.4 is 14.2 Å². The second-order valence-electron chi connectivity index (χ2n) is 7.63. The fourth-order valence-electron chi connectivity index (χ4n) is 3.11. The van der Waals surface area contributed by atoms with Crippen molar-refractivity contribution in [1.82, 2.24) is 0 Å². The van der Waals surface area contributed by atoms with Crippen LogP contribution in [0.25, 0.3) is 6.08 Å². The molecule has 0 saturated carbocycles. The Kier molecular flexibility index (Phi) is 7.39. The molecule has 1 N–H and O–H groups in total. The maximum absolute atomic E-state index is 12.7. The van der Waals surface area contributed by atoms with E-state index in [9.17, 15) is 18.5 Å². The number of amides is 1. The van der Waals surface area contributed by atoms with Crippen LogP contribution in [-0.2, 0) is 14.9 Å². The monoisotopic (exact) mass is 476 g/mol. The number of nitrogens with zero attached hydrogens (tertiary/aromatic N) is 1. The highest BCUT2D eigenvalue weighted by Gasteiger charge is 2.19. The van der Waals surface area contributed by atoms with Gasteiger partial charge in [-0.1, -0.05) is 35.9 Å². The maximum atomic E-state index is 12.7. The van der Waals surface area contributed by atoms with Crippen molar-refractivity contribution in [2.45, 2.75) is 25.7 Å². The van der Waals surface area contributed by atoms with E-state index >= 15 is 0 Å². The zero-order valence-corrected chi connectivity index (χ0v) is 20.1. The van der Waals surface area contributed by atoms with Crippen LogP contribution in [0.1, 0.15) is 22.3 Å². The van der Waals surface area contributed by atoms with E-state index in [1.807, 2.05) is 39.0 Å². The molecule has 0 unspecified atom stereocenters. The number of rotatable bonds is 7. The van der Waals surface area contributed by atoms with Gasteiger partial charge in [0.15, 0.2) is 11.5 Å². The van der Waals surface area contributed by atoms with Crippen LogP contribution >= 0.6 is 0 Å². The first-order chi connectivity index (χ1) is 16.1. The third-order valence-electron chi connectivity index (χ3n) is 5.23. The minimum atomic E-state index is -4.07. The van der Waals surface area contributed by atoms with Crippen molar-refractivity contribution in [1.29, 1.82) is 5.26 Å². The first kappa shape index (κ1) is 24.6. The summed E-state index contributed by atoms with van der Waals surface area (Å²) in [5, 5.41) is 12.3. The molecule has 0 bridgehead atoms. The van der Waals surface area contributed by atoms with Crippen LogP contribution in [0.3, 0.4) is 0 Å². The summed E-state index contributed by atoms with van der Waals surface area (Å²) in [5.41, 5.74) is 3.80. The van der Waals surface area contributed by atoms with Crippen LogP contribution in [-0.4, -0.2) is 21.4 Å². The standard InChI is InChI=1S/C26H24N2O5S/c1-17-8-11-22(12-9-17)34(30,31)33-24-13-10-20(15-25(24)32-4)14-21(16-27)26(29)28-23-7-5-6-18(2)19(23)3/h5-15H,1-4H3,(H,28,29)/b21-14+. The van der Waals surface area contributed by atoms with Crippen molar-refractivity contribution in [2.75, 3.05) is 12.4 Å². The van der Waals surface area contributed by atoms with Crippen molar-refractivity contribution in [3.63, 3.8) is 0 Å². The summed E-state index contributed by atoms with van der Waals surface area (Å²) in [5.74, 6) is -0.437. The first-order valence-corrected chi connectivity index (χ1v) is 11.7. The number of anilines is 1. The molecule has 174 valence electrons. The van der Waals surface area contributed by atoms with Crippen LogP contribution in [0.5, 0.6) is 11.5 Å². The summed E-state index contributed by atoms with van der Waals surface area (Å²) in [6.07, 6.45) is 1.39. The fourth-order valence-corrected chi connectivity index (χ4v) is 4.05. The van der Waals surface area contributed by atoms with Gasteiger partial charge in [0.2, 0.25) is 0 Å². The molecule has 0 radical (unpaired) electrons. The summed E-state index contributed by atoms with van der Waals surface area (Å²) < 4.78 is 35.8. The van der Waals surface area contributed by atoms with Crippen molar-refractivity contribution < 1.29 is 22.1 Å². The Balaban J connectivity index is 1.86. The van der Waals surface area contributed by atoms with Crippen LogP contribution in [0.4, 0.5) is 5.69 Å². The van der Waals surface area contributed by atoms with Gasteiger partial charge in [-0.05, 0) is 73.9 Å². The molecule has 3 aromatic rings. The summed E-state index contributed by atoms with van der Waals surface area (Å²) in [6.45, 7) is 5.67. The molecule has 0 spiro atoms. The number of methoxy groups -OCH3 is 1. The predicted molar refractivity (Wildman–Crippen MR) is 130 cm³/mol. The SMILES string of the molecule is COc1cc(/C=C(\C#N)C(=O)Nc2cccc(C)c2C)ccc1OS(=O)(=O)c1ccc(C)cc1. The Morgan fingerprint density at radius 1 is 1.00 bits per heavy atom. The minimum absolute atomic E-state index is 0.0130. The van der Waals surface area contributed by atoms with Gasteiger partial charge in [0.25, 0.3) is 5.91 Å². The molecular weight excluding hydrogens is 452 g/mol. The molecule has 3 aromatic carbocycles. The Morgan fingerprint density at radius 2 is 1.71 bits per heavy atom.